The van der Waals surface area contributed by atoms with Crippen LogP contribution in [0.25, 0.3) is 0 Å². The number of hydrogen-bond donors (Lipinski definition) is 3. The molecule has 2 amide bonds. The fraction of sp³-hybridized carbons (Fsp3) is 0.250. The Kier molecular flexibility index (Phi) is 11.9. The van der Waals surface area contributed by atoms with Crippen LogP contribution in [-0.4, -0.2) is 64.0 Å². The van der Waals surface area contributed by atoms with Crippen LogP contribution in [0.15, 0.2) is 66.7 Å². The minimum absolute atomic E-state index is 0.0273. The van der Waals surface area contributed by atoms with Gasteiger partial charge in [0.1, 0.15) is 29.4 Å². The summed E-state index contributed by atoms with van der Waals surface area (Å²) in [4.78, 5) is 62.0. The Balaban J connectivity index is 1.63. The van der Waals surface area contributed by atoms with E-state index in [-0.39, 0.29) is 59.3 Å². The average Bonchev–Trinajstić information content (AvgIpc) is 3.08. The van der Waals surface area contributed by atoms with Crippen LogP contribution >= 0.6 is 0 Å². The predicted molar refractivity (Wildman–Crippen MR) is 172 cm³/mol. The highest BCUT2D eigenvalue weighted by atomic mass is 16.6. The first-order valence-corrected chi connectivity index (χ1v) is 14.6. The molecule has 0 unspecified atom stereocenters. The molecule has 0 bridgehead atoms. The van der Waals surface area contributed by atoms with E-state index in [0.717, 1.165) is 11.6 Å². The number of hydrogen-bond acceptors (Lipinski definition) is 13. The highest BCUT2D eigenvalue weighted by Gasteiger charge is 2.23. The summed E-state index contributed by atoms with van der Waals surface area (Å²) in [7, 11) is 1.21. The summed E-state index contributed by atoms with van der Waals surface area (Å²) in [6.07, 6.45) is 0.0565. The minimum atomic E-state index is -0.738. The van der Waals surface area contributed by atoms with Crippen LogP contribution in [0, 0.1) is 10.1 Å². The molecule has 4 N–H and O–H groups in total. The molecule has 16 nitrogen and oxygen atoms in total. The standard InChI is InChI=1S/C32H33N7O9/c1-19(2)48-31-26(39(43)44)15-14-22(37-31)28(41)35-24-11-10-21(36-30(24)47-18-20-8-5-4-6-9-20)27(40)34-23-12-13-25(32(42)45-3)38-29(23)46-17-7-16-33/h4-6,8-15,19H,7,16-18,33H2,1-3H3,(H,34,40)(H,35,41). The van der Waals surface area contributed by atoms with Gasteiger partial charge in [-0.25, -0.2) is 19.7 Å². The maximum Gasteiger partial charge on any atom is 0.356 e. The largest absolute Gasteiger partial charge is 0.476 e. The van der Waals surface area contributed by atoms with Crippen molar-refractivity contribution in [2.75, 3.05) is 30.9 Å². The summed E-state index contributed by atoms with van der Waals surface area (Å²) in [6, 6.07) is 17.0. The summed E-state index contributed by atoms with van der Waals surface area (Å²) in [5.74, 6) is -2.55. The molecule has 0 atom stereocenters. The van der Waals surface area contributed by atoms with Crippen molar-refractivity contribution >= 4 is 34.8 Å². The van der Waals surface area contributed by atoms with Crippen molar-refractivity contribution in [3.63, 3.8) is 0 Å². The Morgan fingerprint density at radius 1 is 0.812 bits per heavy atom. The van der Waals surface area contributed by atoms with E-state index in [1.807, 2.05) is 30.3 Å². The van der Waals surface area contributed by atoms with Gasteiger partial charge in [-0.3, -0.25) is 19.7 Å². The maximum absolute atomic E-state index is 13.4. The Morgan fingerprint density at radius 2 is 1.38 bits per heavy atom. The maximum atomic E-state index is 13.4. The molecular formula is C32H33N7O9. The van der Waals surface area contributed by atoms with E-state index >= 15 is 0 Å². The number of esters is 1. The molecule has 0 aliphatic heterocycles. The molecule has 0 spiro atoms. The van der Waals surface area contributed by atoms with Crippen LogP contribution in [0.2, 0.25) is 0 Å². The van der Waals surface area contributed by atoms with Crippen molar-refractivity contribution in [2.24, 2.45) is 5.73 Å². The van der Waals surface area contributed by atoms with Crippen molar-refractivity contribution in [1.29, 1.82) is 0 Å². The second kappa shape index (κ2) is 16.4. The Bertz CT molecular complexity index is 1790. The minimum Gasteiger partial charge on any atom is -0.476 e. The molecule has 0 aliphatic carbocycles. The van der Waals surface area contributed by atoms with Gasteiger partial charge in [0.2, 0.25) is 11.8 Å². The number of anilines is 2. The third kappa shape index (κ3) is 9.20. The zero-order chi connectivity index (χ0) is 34.6. The number of aromatic nitrogens is 3. The van der Waals surface area contributed by atoms with Gasteiger partial charge in [-0.2, -0.15) is 0 Å². The first-order chi connectivity index (χ1) is 23.1. The normalized spacial score (nSPS) is 10.6. The van der Waals surface area contributed by atoms with Gasteiger partial charge in [0, 0.05) is 6.07 Å². The molecule has 16 heteroatoms. The van der Waals surface area contributed by atoms with Gasteiger partial charge in [0.15, 0.2) is 5.69 Å². The molecule has 4 rings (SSSR count). The van der Waals surface area contributed by atoms with E-state index in [1.54, 1.807) is 13.8 Å². The Labute approximate surface area is 274 Å². The highest BCUT2D eigenvalue weighted by Crippen LogP contribution is 2.29. The van der Waals surface area contributed by atoms with E-state index in [9.17, 15) is 24.5 Å². The van der Waals surface area contributed by atoms with Gasteiger partial charge in [-0.15, -0.1) is 0 Å². The zero-order valence-corrected chi connectivity index (χ0v) is 26.3. The Hall–Kier alpha value is -6.16. The van der Waals surface area contributed by atoms with Crippen molar-refractivity contribution in [3.8, 4) is 17.6 Å². The number of carbonyl (C=O) groups excluding carboxylic acids is 3. The number of ether oxygens (including phenoxy) is 4. The summed E-state index contributed by atoms with van der Waals surface area (Å²) < 4.78 is 21.8. The molecule has 48 heavy (non-hydrogen) atoms. The Morgan fingerprint density at radius 3 is 1.96 bits per heavy atom. The number of amides is 2. The zero-order valence-electron chi connectivity index (χ0n) is 26.3. The van der Waals surface area contributed by atoms with Crippen LogP contribution in [0.5, 0.6) is 17.6 Å². The molecule has 0 fully saturated rings. The van der Waals surface area contributed by atoms with Crippen LogP contribution in [-0.2, 0) is 11.3 Å². The molecule has 3 heterocycles. The quantitative estimate of drug-likeness (QED) is 0.0707. The van der Waals surface area contributed by atoms with Gasteiger partial charge in [0.05, 0.1) is 24.7 Å². The number of rotatable bonds is 15. The summed E-state index contributed by atoms with van der Waals surface area (Å²) in [6.45, 7) is 3.91. The second-order valence-electron chi connectivity index (χ2n) is 10.2. The van der Waals surface area contributed by atoms with Crippen LogP contribution < -0.4 is 30.6 Å². The smallest absolute Gasteiger partial charge is 0.356 e. The first-order valence-electron chi connectivity index (χ1n) is 14.6. The van der Waals surface area contributed by atoms with Gasteiger partial charge < -0.3 is 35.3 Å². The SMILES string of the molecule is COC(=O)c1ccc(NC(=O)c2ccc(NC(=O)c3ccc([N+](=O)[O-])c(OC(C)C)n3)c(OCc3ccccc3)n2)c(OCCCN)n1. The van der Waals surface area contributed by atoms with Crippen LogP contribution in [0.3, 0.4) is 0 Å². The fourth-order valence-corrected chi connectivity index (χ4v) is 4.00. The molecule has 250 valence electrons. The number of benzene rings is 1. The number of pyridine rings is 3. The van der Waals surface area contributed by atoms with Gasteiger partial charge in [0.25, 0.3) is 17.7 Å². The topological polar surface area (TPSA) is 220 Å². The van der Waals surface area contributed by atoms with Crippen molar-refractivity contribution in [2.45, 2.75) is 33.0 Å². The highest BCUT2D eigenvalue weighted by molar-refractivity contribution is 6.06. The summed E-state index contributed by atoms with van der Waals surface area (Å²) >= 11 is 0. The fourth-order valence-electron chi connectivity index (χ4n) is 4.00. The second-order valence-corrected chi connectivity index (χ2v) is 10.2. The number of carbonyl (C=O) groups is 3. The molecule has 1 aromatic carbocycles. The van der Waals surface area contributed by atoms with E-state index in [0.29, 0.717) is 13.0 Å². The van der Waals surface area contributed by atoms with E-state index < -0.39 is 34.5 Å². The van der Waals surface area contributed by atoms with Gasteiger partial charge in [-0.05, 0) is 62.7 Å². The van der Waals surface area contributed by atoms with Crippen molar-refractivity contribution in [3.05, 3.63) is 99.5 Å². The number of nitro groups is 1. The van der Waals surface area contributed by atoms with Gasteiger partial charge >= 0.3 is 11.7 Å². The molecule has 0 aliphatic rings. The van der Waals surface area contributed by atoms with Crippen molar-refractivity contribution in [1.82, 2.24) is 15.0 Å². The van der Waals surface area contributed by atoms with E-state index in [1.165, 1.54) is 37.4 Å². The third-order valence-electron chi connectivity index (χ3n) is 6.27. The number of nitrogens with one attached hydrogen (secondary N) is 2. The predicted octanol–water partition coefficient (Wildman–Crippen LogP) is 4.16. The average molecular weight is 660 g/mol. The summed E-state index contributed by atoms with van der Waals surface area (Å²) in [5.41, 5.74) is 5.90. The number of methoxy groups -OCH3 is 1. The monoisotopic (exact) mass is 659 g/mol. The van der Waals surface area contributed by atoms with Crippen molar-refractivity contribution < 1.29 is 38.3 Å². The number of nitrogens with zero attached hydrogens (tertiary/aromatic N) is 4. The molecule has 4 aromatic rings. The summed E-state index contributed by atoms with van der Waals surface area (Å²) in [5, 5.41) is 16.7. The molecule has 3 aromatic heterocycles. The van der Waals surface area contributed by atoms with Crippen LogP contribution in [0.4, 0.5) is 17.1 Å². The molecule has 0 saturated heterocycles. The molecular weight excluding hydrogens is 626 g/mol. The van der Waals surface area contributed by atoms with E-state index in [2.05, 4.69) is 25.6 Å². The van der Waals surface area contributed by atoms with Gasteiger partial charge in [-0.1, -0.05) is 30.3 Å². The van der Waals surface area contributed by atoms with E-state index in [4.69, 9.17) is 24.7 Å². The molecule has 0 radical (unpaired) electrons. The lowest BCUT2D eigenvalue weighted by atomic mass is 10.2. The lowest BCUT2D eigenvalue weighted by Crippen LogP contribution is -2.19. The lowest BCUT2D eigenvalue weighted by Gasteiger charge is -2.15. The van der Waals surface area contributed by atoms with Crippen LogP contribution in [0.1, 0.15) is 57.3 Å². The number of nitrogens with two attached hydrogens (primary N) is 1. The molecule has 0 saturated carbocycles. The third-order valence-corrected chi connectivity index (χ3v) is 6.27. The first kappa shape index (κ1) is 34.7. The lowest BCUT2D eigenvalue weighted by molar-refractivity contribution is -0.386.